The molecule has 6 bridgehead atoms. The standard InChI is InChI=1S/C34H34N4O4.C4H4N2O.Fe/c1-7-21-17(3)25-13-26-19(5)23(9-11-33(39)40)31(37-26)16-32-24(10-12-34(41)42)20(6)28(38-32)15-30-22(8-2)18(4)27(36-30)14-29(21)35-25;7-4-2-1-3-5-6-4;/h7-8,13-16H,1-2,9-12H2,3-6H3,(H4,35,36,37,38,39,40,41,42);1-3H,(H,6,7);/q;;+2/p-2/b25-13?,26-13-,27-14?,28-15-,29-14-,30-15?,31-16-,32-16?;;. The van der Waals surface area contributed by atoms with E-state index in [0.717, 1.165) is 83.7 Å². The van der Waals surface area contributed by atoms with Crippen LogP contribution in [0.2, 0.25) is 0 Å². The molecule has 4 aliphatic rings. The van der Waals surface area contributed by atoms with E-state index in [9.17, 15) is 24.6 Å². The molecule has 7 rings (SSSR count). The zero-order chi connectivity index (χ0) is 35.9. The number of aromatic nitrogens is 4. The Hall–Kier alpha value is -5.58. The van der Waals surface area contributed by atoms with Gasteiger partial charge in [-0.15, -0.1) is 0 Å². The first-order valence-electron chi connectivity index (χ1n) is 16.0. The topological polar surface area (TPSA) is 155 Å². The third-order valence-corrected chi connectivity index (χ3v) is 10.6. The van der Waals surface area contributed by atoms with E-state index in [4.69, 9.17) is 9.98 Å². The molecule has 256 valence electrons. The first-order valence-corrected chi connectivity index (χ1v) is 17.0. The molecule has 0 aliphatic carbocycles. The summed E-state index contributed by atoms with van der Waals surface area (Å²) in [6, 6.07) is 2.99. The number of fused-ring (bicyclic) bond motifs is 2. The van der Waals surface area contributed by atoms with Crippen molar-refractivity contribution in [3.05, 3.63) is 126 Å². The first-order chi connectivity index (χ1) is 23.9. The molecular weight excluding hydrogens is 676 g/mol. The van der Waals surface area contributed by atoms with Crippen molar-refractivity contribution in [1.82, 2.24) is 17.4 Å². The van der Waals surface area contributed by atoms with Gasteiger partial charge in [0.15, 0.2) is 0 Å². The Morgan fingerprint density at radius 3 is 2.14 bits per heavy atom. The van der Waals surface area contributed by atoms with E-state index in [1.54, 1.807) is 6.07 Å². The van der Waals surface area contributed by atoms with Gasteiger partial charge in [-0.25, -0.2) is 5.10 Å². The van der Waals surface area contributed by atoms with E-state index in [2.05, 4.69) is 55.7 Å². The smallest absolute Gasteiger partial charge is 0.264 e. The van der Waals surface area contributed by atoms with E-state index >= 15 is 0 Å². The Morgan fingerprint density at radius 1 is 0.840 bits per heavy atom. The van der Waals surface area contributed by atoms with Crippen molar-refractivity contribution in [3.8, 4) is 0 Å². The Morgan fingerprint density at radius 2 is 1.52 bits per heavy atom. The summed E-state index contributed by atoms with van der Waals surface area (Å²) in [6.07, 6.45) is 14.2. The van der Waals surface area contributed by atoms with E-state index in [1.807, 2.05) is 39.0 Å². The number of carbonyl (C=O) groups is 2. The van der Waals surface area contributed by atoms with Crippen LogP contribution in [0.15, 0.2) is 86.0 Å². The van der Waals surface area contributed by atoms with E-state index in [1.165, 1.54) is 12.3 Å². The van der Waals surface area contributed by atoms with Crippen LogP contribution in [-0.4, -0.2) is 50.9 Å². The van der Waals surface area contributed by atoms with Gasteiger partial charge in [-0.1, -0.05) is 0 Å². The Bertz CT molecular complexity index is 2390. The number of rotatable bonds is 8. The number of carboxylic acids is 2. The number of nitrogens with one attached hydrogen (secondary N) is 1. The minimum Gasteiger partial charge on any atom is -0.268 e. The normalized spacial score (nSPS) is 19.0. The number of aromatic amines is 1. The fourth-order valence-electron chi connectivity index (χ4n) is 6.45. The van der Waals surface area contributed by atoms with Gasteiger partial charge in [0.25, 0.3) is 5.56 Å². The summed E-state index contributed by atoms with van der Waals surface area (Å²) in [6.45, 7) is 16.4. The third kappa shape index (κ3) is 6.19. The molecule has 0 unspecified atom stereocenters. The van der Waals surface area contributed by atoms with Gasteiger partial charge in [0.2, 0.25) is 0 Å². The molecule has 0 radical (unpaired) electrons. The van der Waals surface area contributed by atoms with Crippen molar-refractivity contribution in [1.29, 1.82) is 0 Å². The molecule has 0 saturated heterocycles. The summed E-state index contributed by atoms with van der Waals surface area (Å²) < 4.78 is 4.47. The largest absolute Gasteiger partial charge is 0.268 e. The molecule has 12 heteroatoms. The number of carboxylic acid groups (broad SMARTS) is 2. The molecule has 3 N–H and O–H groups in total. The van der Waals surface area contributed by atoms with Crippen LogP contribution < -0.4 is 16.3 Å². The summed E-state index contributed by atoms with van der Waals surface area (Å²) in [5, 5.41) is 26.6. The molecule has 3 aromatic heterocycles. The monoisotopic (exact) mass is 712 g/mol. The number of hydrogen-bond acceptors (Lipinski definition) is 6. The van der Waals surface area contributed by atoms with Crippen molar-refractivity contribution in [2.45, 2.75) is 53.4 Å². The van der Waals surface area contributed by atoms with Crippen molar-refractivity contribution in [3.63, 3.8) is 0 Å². The van der Waals surface area contributed by atoms with Crippen molar-refractivity contribution >= 4 is 53.7 Å². The predicted molar refractivity (Wildman–Crippen MR) is 192 cm³/mol. The Balaban J connectivity index is 0.000000552. The minimum atomic E-state index is -0.868. The molecule has 0 saturated carbocycles. The summed E-state index contributed by atoms with van der Waals surface area (Å²) in [4.78, 5) is 43.6. The molecule has 4 aliphatic heterocycles. The van der Waals surface area contributed by atoms with Crippen LogP contribution >= 0.6 is 0 Å². The molecule has 50 heavy (non-hydrogen) atoms. The first kappa shape index (κ1) is 34.3. The van der Waals surface area contributed by atoms with Crippen LogP contribution in [0, 0.1) is 13.8 Å². The quantitative estimate of drug-likeness (QED) is 0.292. The van der Waals surface area contributed by atoms with Gasteiger partial charge >= 0.3 is 257 Å². The fraction of sp³-hybridized carbons (Fsp3) is 0.211. The number of aliphatic carboxylic acids is 2. The van der Waals surface area contributed by atoms with Crippen LogP contribution in [0.4, 0.5) is 0 Å². The number of nitrogens with zero attached hydrogens (tertiary/aromatic N) is 5. The van der Waals surface area contributed by atoms with E-state index in [-0.39, 0.29) is 18.4 Å². The van der Waals surface area contributed by atoms with Gasteiger partial charge in [0.1, 0.15) is 0 Å². The third-order valence-electron chi connectivity index (χ3n) is 9.13. The maximum absolute atomic E-state index is 11.8. The zero-order valence-electron chi connectivity index (χ0n) is 28.1. The molecule has 0 amide bonds. The molecule has 3 aromatic rings. The summed E-state index contributed by atoms with van der Waals surface area (Å²) in [5.74, 6) is -1.74. The van der Waals surface area contributed by atoms with Crippen LogP contribution in [0.25, 0.3) is 30.4 Å². The second kappa shape index (κ2) is 13.7. The molecular formula is C38H36FeN6O5. The second-order valence-corrected chi connectivity index (χ2v) is 13.3. The average Bonchev–Trinajstić information content (AvgIpc) is 3.70. The molecule has 0 spiro atoms. The number of H-pyrrole nitrogens is 1. The molecule has 0 aromatic carbocycles. The predicted octanol–water partition coefficient (Wildman–Crippen LogP) is 4.51. The average molecular weight is 713 g/mol. The number of hydrogen-bond donors (Lipinski definition) is 3. The maximum Gasteiger partial charge on any atom is 0.264 e. The minimum absolute atomic E-state index is 0.0140. The zero-order valence-corrected chi connectivity index (χ0v) is 29.3. The van der Waals surface area contributed by atoms with Gasteiger partial charge in [-0.2, -0.15) is 5.10 Å². The number of allylic oxidation sites excluding steroid dienone is 4. The van der Waals surface area contributed by atoms with Gasteiger partial charge in [0, 0.05) is 12.3 Å². The van der Waals surface area contributed by atoms with E-state index in [0.29, 0.717) is 33.9 Å². The molecule has 11 nitrogen and oxygen atoms in total. The van der Waals surface area contributed by atoms with Crippen LogP contribution in [-0.2, 0) is 31.4 Å². The molecule has 0 fully saturated rings. The van der Waals surface area contributed by atoms with Gasteiger partial charge < -0.3 is 0 Å². The van der Waals surface area contributed by atoms with Gasteiger partial charge in [0.05, 0.1) is 0 Å². The van der Waals surface area contributed by atoms with Gasteiger partial charge in [-0.3, -0.25) is 4.79 Å². The van der Waals surface area contributed by atoms with Crippen molar-refractivity contribution in [2.24, 2.45) is 9.98 Å². The Labute approximate surface area is 294 Å². The Kier molecular flexibility index (Phi) is 9.42. The van der Waals surface area contributed by atoms with Crippen LogP contribution in [0.1, 0.15) is 66.8 Å². The van der Waals surface area contributed by atoms with Crippen LogP contribution in [0.3, 0.4) is 0 Å². The van der Waals surface area contributed by atoms with E-state index < -0.39 is 11.9 Å². The maximum atomic E-state index is 11.8. The van der Waals surface area contributed by atoms with Crippen molar-refractivity contribution in [2.75, 3.05) is 0 Å². The van der Waals surface area contributed by atoms with Crippen molar-refractivity contribution < 1.29 is 35.2 Å². The summed E-state index contributed by atoms with van der Waals surface area (Å²) >= 11 is 0.463. The van der Waals surface area contributed by atoms with Gasteiger partial charge in [-0.05, 0) is 6.07 Å². The second-order valence-electron chi connectivity index (χ2n) is 12.1. The molecule has 7 heterocycles. The van der Waals surface area contributed by atoms with Crippen LogP contribution in [0.5, 0.6) is 0 Å². The summed E-state index contributed by atoms with van der Waals surface area (Å²) in [7, 11) is 0. The summed E-state index contributed by atoms with van der Waals surface area (Å²) in [5.41, 5.74) is 12.7. The molecule has 0 atom stereocenters. The fourth-order valence-corrected chi connectivity index (χ4v) is 8.08. The number of aliphatic imine (C=N–C) groups is 2. The SMILES string of the molecule is C=CC1=C(C)C2=NC/1=C\c1c(C)c(C=C)c3[n]1[Fe][n]1/c(c(C)c(CCC(=O)O)/c1=C/C1=NC(=C\3)/C(C)=C1CCC(=O)O)=C\2.O=c1cccn[nH]1.